The number of hydrogen-bond acceptors (Lipinski definition) is 4. The zero-order valence-electron chi connectivity index (χ0n) is 18.0. The van der Waals surface area contributed by atoms with Crippen LogP contribution >= 0.6 is 22.6 Å². The molecule has 1 atom stereocenters. The predicted octanol–water partition coefficient (Wildman–Crippen LogP) is 5.77. The van der Waals surface area contributed by atoms with E-state index in [1.165, 1.54) is 6.42 Å². The van der Waals surface area contributed by atoms with Gasteiger partial charge in [0.05, 0.1) is 5.57 Å². The molecule has 1 fully saturated rings. The molecule has 1 aliphatic heterocycles. The third-order valence-electron chi connectivity index (χ3n) is 6.47. The molecule has 0 saturated heterocycles. The predicted molar refractivity (Wildman–Crippen MR) is 126 cm³/mol. The van der Waals surface area contributed by atoms with Gasteiger partial charge in [-0.25, -0.2) is 4.79 Å². The Balaban J connectivity index is 1.76. The quantitative estimate of drug-likeness (QED) is 0.407. The van der Waals surface area contributed by atoms with Crippen LogP contribution < -0.4 is 5.32 Å². The zero-order chi connectivity index (χ0) is 21.5. The van der Waals surface area contributed by atoms with Crippen LogP contribution in [0.5, 0.6) is 0 Å². The number of dihydropyridines is 1. The number of nitrogens with one attached hydrogen (secondary N) is 1. The van der Waals surface area contributed by atoms with Crippen molar-refractivity contribution < 1.29 is 14.3 Å². The van der Waals surface area contributed by atoms with Gasteiger partial charge in [-0.3, -0.25) is 4.79 Å². The molecule has 2 aliphatic carbocycles. The number of allylic oxidation sites excluding steroid dienone is 3. The summed E-state index contributed by atoms with van der Waals surface area (Å²) in [5.74, 6) is -0.510. The first-order chi connectivity index (χ1) is 14.2. The lowest BCUT2D eigenvalue weighted by Gasteiger charge is -2.39. The standard InChI is InChI=1S/C25H30INO3/c1-15-21(24(29)30-18-10-5-4-6-11-18)22(16-8-7-9-17(26)12-16)23-19(27-15)13-25(2,3)14-20(23)28/h7-9,12,18,22,27H,4-6,10-11,13-14H2,1-3H3/t22-/m0/s1. The molecule has 1 N–H and O–H groups in total. The first-order valence-electron chi connectivity index (χ1n) is 11.0. The molecule has 0 unspecified atom stereocenters. The van der Waals surface area contributed by atoms with E-state index >= 15 is 0 Å². The highest BCUT2D eigenvalue weighted by Gasteiger charge is 2.43. The van der Waals surface area contributed by atoms with E-state index in [0.717, 1.165) is 58.2 Å². The van der Waals surface area contributed by atoms with E-state index in [1.807, 2.05) is 25.1 Å². The van der Waals surface area contributed by atoms with Crippen LogP contribution in [0.3, 0.4) is 0 Å². The molecule has 1 saturated carbocycles. The molecule has 1 heterocycles. The van der Waals surface area contributed by atoms with Crippen LogP contribution in [0.2, 0.25) is 0 Å². The number of ketones is 1. The van der Waals surface area contributed by atoms with Gasteiger partial charge in [0, 0.05) is 32.9 Å². The minimum absolute atomic E-state index is 0.0144. The smallest absolute Gasteiger partial charge is 0.337 e. The Labute approximate surface area is 192 Å². The van der Waals surface area contributed by atoms with Crippen molar-refractivity contribution in [1.82, 2.24) is 5.32 Å². The number of Topliss-reactive ketones (excluding diaryl/α,β-unsaturated/α-hetero) is 1. The van der Waals surface area contributed by atoms with Crippen molar-refractivity contribution >= 4 is 34.3 Å². The van der Waals surface area contributed by atoms with Gasteiger partial charge in [0.25, 0.3) is 0 Å². The fraction of sp³-hybridized carbons (Fsp3) is 0.520. The fourth-order valence-electron chi connectivity index (χ4n) is 5.12. The van der Waals surface area contributed by atoms with Gasteiger partial charge in [0.1, 0.15) is 6.10 Å². The molecule has 0 bridgehead atoms. The van der Waals surface area contributed by atoms with Gasteiger partial charge in [0.15, 0.2) is 5.78 Å². The van der Waals surface area contributed by atoms with Gasteiger partial charge in [-0.15, -0.1) is 0 Å². The summed E-state index contributed by atoms with van der Waals surface area (Å²) < 4.78 is 7.06. The Bertz CT molecular complexity index is 937. The number of esters is 1. The third-order valence-corrected chi connectivity index (χ3v) is 7.14. The van der Waals surface area contributed by atoms with Crippen molar-refractivity contribution in [1.29, 1.82) is 0 Å². The van der Waals surface area contributed by atoms with E-state index in [2.05, 4.69) is 47.8 Å². The average molecular weight is 519 g/mol. The van der Waals surface area contributed by atoms with Gasteiger partial charge >= 0.3 is 5.97 Å². The molecule has 30 heavy (non-hydrogen) atoms. The first kappa shape index (κ1) is 21.6. The molecule has 4 rings (SSSR count). The SMILES string of the molecule is CC1=C(C(=O)OC2CCCCC2)[C@H](c2cccc(I)c2)C2=C(CC(C)(C)CC2=O)N1. The molecule has 0 spiro atoms. The van der Waals surface area contributed by atoms with Crippen molar-refractivity contribution in [3.05, 3.63) is 55.9 Å². The molecule has 0 aromatic heterocycles. The minimum Gasteiger partial charge on any atom is -0.459 e. The monoisotopic (exact) mass is 519 g/mol. The molecule has 0 amide bonds. The van der Waals surface area contributed by atoms with Crippen molar-refractivity contribution in [3.63, 3.8) is 0 Å². The number of ether oxygens (including phenoxy) is 1. The summed E-state index contributed by atoms with van der Waals surface area (Å²) in [6.07, 6.45) is 6.58. The van der Waals surface area contributed by atoms with Crippen LogP contribution in [0.15, 0.2) is 46.8 Å². The molecule has 3 aliphatic rings. The van der Waals surface area contributed by atoms with E-state index in [1.54, 1.807) is 0 Å². The summed E-state index contributed by atoms with van der Waals surface area (Å²) in [5.41, 5.74) is 4.01. The Morgan fingerprint density at radius 3 is 2.60 bits per heavy atom. The van der Waals surface area contributed by atoms with Crippen molar-refractivity contribution in [2.45, 2.75) is 77.7 Å². The fourth-order valence-corrected chi connectivity index (χ4v) is 5.69. The summed E-state index contributed by atoms with van der Waals surface area (Å²) in [5, 5.41) is 3.42. The van der Waals surface area contributed by atoms with Crippen LogP contribution in [-0.2, 0) is 14.3 Å². The van der Waals surface area contributed by atoms with Crippen molar-refractivity contribution in [3.8, 4) is 0 Å². The first-order valence-corrected chi connectivity index (χ1v) is 12.0. The molecular weight excluding hydrogens is 489 g/mol. The molecule has 5 heteroatoms. The number of halogens is 1. The maximum Gasteiger partial charge on any atom is 0.337 e. The lowest BCUT2D eigenvalue weighted by molar-refractivity contribution is -0.146. The molecular formula is C25H30INO3. The van der Waals surface area contributed by atoms with Crippen LogP contribution in [0.4, 0.5) is 0 Å². The van der Waals surface area contributed by atoms with E-state index in [-0.39, 0.29) is 29.2 Å². The summed E-state index contributed by atoms with van der Waals surface area (Å²) in [7, 11) is 0. The Morgan fingerprint density at radius 1 is 1.17 bits per heavy atom. The average Bonchev–Trinajstić information content (AvgIpc) is 2.66. The summed E-state index contributed by atoms with van der Waals surface area (Å²) in [4.78, 5) is 26.7. The van der Waals surface area contributed by atoms with Crippen LogP contribution in [-0.4, -0.2) is 17.9 Å². The highest BCUT2D eigenvalue weighted by atomic mass is 127. The molecule has 1 aromatic carbocycles. The second kappa shape index (κ2) is 8.48. The highest BCUT2D eigenvalue weighted by Crippen LogP contribution is 2.47. The van der Waals surface area contributed by atoms with E-state index in [4.69, 9.17) is 4.74 Å². The maximum atomic E-state index is 13.4. The van der Waals surface area contributed by atoms with Crippen LogP contribution in [0.1, 0.15) is 77.2 Å². The van der Waals surface area contributed by atoms with E-state index < -0.39 is 0 Å². The summed E-state index contributed by atoms with van der Waals surface area (Å²) >= 11 is 2.29. The Kier molecular flexibility index (Phi) is 6.11. The topological polar surface area (TPSA) is 55.4 Å². The maximum absolute atomic E-state index is 13.4. The van der Waals surface area contributed by atoms with Gasteiger partial charge in [-0.1, -0.05) is 32.4 Å². The Morgan fingerprint density at radius 2 is 1.90 bits per heavy atom. The van der Waals surface area contributed by atoms with E-state index in [9.17, 15) is 9.59 Å². The van der Waals surface area contributed by atoms with Gasteiger partial charge < -0.3 is 10.1 Å². The number of carbonyl (C=O) groups is 2. The molecule has 1 aromatic rings. The second-order valence-electron chi connectivity index (χ2n) is 9.65. The van der Waals surface area contributed by atoms with Gasteiger partial charge in [-0.2, -0.15) is 0 Å². The number of benzene rings is 1. The molecule has 0 radical (unpaired) electrons. The van der Waals surface area contributed by atoms with E-state index in [0.29, 0.717) is 12.0 Å². The normalized spacial score (nSPS) is 24.4. The lowest BCUT2D eigenvalue weighted by atomic mass is 9.68. The summed E-state index contributed by atoms with van der Waals surface area (Å²) in [6.45, 7) is 6.19. The van der Waals surface area contributed by atoms with Gasteiger partial charge in [0.2, 0.25) is 0 Å². The van der Waals surface area contributed by atoms with Crippen LogP contribution in [0.25, 0.3) is 0 Å². The largest absolute Gasteiger partial charge is 0.459 e. The van der Waals surface area contributed by atoms with Crippen LogP contribution in [0, 0.1) is 8.99 Å². The Hall–Kier alpha value is -1.63. The summed E-state index contributed by atoms with van der Waals surface area (Å²) in [6, 6.07) is 8.13. The number of carbonyl (C=O) groups excluding carboxylic acids is 2. The zero-order valence-corrected chi connectivity index (χ0v) is 20.2. The number of rotatable bonds is 3. The van der Waals surface area contributed by atoms with Gasteiger partial charge in [-0.05, 0) is 84.7 Å². The lowest BCUT2D eigenvalue weighted by Crippen LogP contribution is -2.39. The van der Waals surface area contributed by atoms with Crippen molar-refractivity contribution in [2.24, 2.45) is 5.41 Å². The van der Waals surface area contributed by atoms with Crippen molar-refractivity contribution in [2.75, 3.05) is 0 Å². The number of hydrogen-bond donors (Lipinski definition) is 1. The minimum atomic E-state index is -0.365. The second-order valence-corrected chi connectivity index (χ2v) is 10.9. The molecule has 160 valence electrons. The molecule has 4 nitrogen and oxygen atoms in total. The highest BCUT2D eigenvalue weighted by molar-refractivity contribution is 14.1. The third kappa shape index (κ3) is 4.36.